The molecule has 23 heavy (non-hydrogen) atoms. The van der Waals surface area contributed by atoms with Crippen LogP contribution in [-0.2, 0) is 11.3 Å². The highest BCUT2D eigenvalue weighted by Crippen LogP contribution is 2.17. The van der Waals surface area contributed by atoms with Gasteiger partial charge in [0.1, 0.15) is 12.4 Å². The van der Waals surface area contributed by atoms with Gasteiger partial charge in [-0.25, -0.2) is 19.9 Å². The van der Waals surface area contributed by atoms with E-state index in [4.69, 9.17) is 4.74 Å². The third-order valence-electron chi connectivity index (χ3n) is 3.82. The Labute approximate surface area is 136 Å². The summed E-state index contributed by atoms with van der Waals surface area (Å²) in [7, 11) is 1.65. The lowest BCUT2D eigenvalue weighted by Gasteiger charge is -2.35. The molecule has 2 aromatic rings. The van der Waals surface area contributed by atoms with Crippen molar-refractivity contribution in [3.63, 3.8) is 0 Å². The molecule has 0 aliphatic carbocycles. The van der Waals surface area contributed by atoms with Crippen LogP contribution in [-0.4, -0.2) is 53.2 Å². The van der Waals surface area contributed by atoms with Crippen molar-refractivity contribution < 1.29 is 4.74 Å². The lowest BCUT2D eigenvalue weighted by atomic mass is 10.3. The lowest BCUT2D eigenvalue weighted by molar-refractivity contribution is 0.178. The molecule has 1 fully saturated rings. The van der Waals surface area contributed by atoms with Crippen LogP contribution in [0.15, 0.2) is 18.3 Å². The van der Waals surface area contributed by atoms with E-state index in [1.165, 1.54) is 0 Å². The molecule has 1 saturated heterocycles. The molecule has 122 valence electrons. The maximum absolute atomic E-state index is 5.10. The Kier molecular flexibility index (Phi) is 4.66. The molecule has 1 aliphatic heterocycles. The Bertz CT molecular complexity index is 649. The average molecular weight is 314 g/mol. The van der Waals surface area contributed by atoms with Crippen LogP contribution in [0, 0.1) is 13.8 Å². The Morgan fingerprint density at radius 3 is 2.30 bits per heavy atom. The molecule has 0 spiro atoms. The summed E-state index contributed by atoms with van der Waals surface area (Å²) >= 11 is 0. The second-order valence-electron chi connectivity index (χ2n) is 5.69. The molecule has 0 N–H and O–H groups in total. The minimum absolute atomic E-state index is 0.435. The fourth-order valence-electron chi connectivity index (χ4n) is 2.75. The van der Waals surface area contributed by atoms with Crippen molar-refractivity contribution in [2.75, 3.05) is 43.1 Å². The van der Waals surface area contributed by atoms with E-state index in [0.717, 1.165) is 49.3 Å². The highest BCUT2D eigenvalue weighted by molar-refractivity contribution is 5.42. The molecule has 0 atom stereocenters. The molecule has 0 radical (unpaired) electrons. The number of rotatable bonds is 4. The number of ether oxygens (including phenoxy) is 1. The standard InChI is InChI=1S/C16H22N6O/c1-12-10-13(2)19-16(18-12)22-8-6-21(7-9-22)15-4-5-17-14(20-15)11-23-3/h4-5,10H,6-9,11H2,1-3H3. The second-order valence-corrected chi connectivity index (χ2v) is 5.69. The summed E-state index contributed by atoms with van der Waals surface area (Å²) in [6.07, 6.45) is 1.79. The van der Waals surface area contributed by atoms with Gasteiger partial charge in [-0.15, -0.1) is 0 Å². The maximum atomic E-state index is 5.10. The first-order chi connectivity index (χ1) is 11.2. The van der Waals surface area contributed by atoms with Gasteiger partial charge >= 0.3 is 0 Å². The van der Waals surface area contributed by atoms with Gasteiger partial charge in [0.2, 0.25) is 5.95 Å². The normalized spacial score (nSPS) is 15.1. The average Bonchev–Trinajstić information content (AvgIpc) is 2.55. The Morgan fingerprint density at radius 2 is 1.65 bits per heavy atom. The number of anilines is 2. The van der Waals surface area contributed by atoms with Crippen molar-refractivity contribution >= 4 is 11.8 Å². The van der Waals surface area contributed by atoms with E-state index >= 15 is 0 Å². The molecular weight excluding hydrogens is 292 g/mol. The van der Waals surface area contributed by atoms with Gasteiger partial charge in [-0.05, 0) is 26.0 Å². The number of aryl methyl sites for hydroxylation is 2. The van der Waals surface area contributed by atoms with Gasteiger partial charge in [0, 0.05) is 50.9 Å². The van der Waals surface area contributed by atoms with Gasteiger partial charge in [-0.2, -0.15) is 0 Å². The van der Waals surface area contributed by atoms with Gasteiger partial charge in [-0.1, -0.05) is 0 Å². The van der Waals surface area contributed by atoms with Crippen LogP contribution in [0.5, 0.6) is 0 Å². The quantitative estimate of drug-likeness (QED) is 0.844. The molecule has 0 unspecified atom stereocenters. The van der Waals surface area contributed by atoms with Gasteiger partial charge in [0.25, 0.3) is 0 Å². The van der Waals surface area contributed by atoms with Crippen molar-refractivity contribution in [1.82, 2.24) is 19.9 Å². The Balaban J connectivity index is 1.67. The van der Waals surface area contributed by atoms with Crippen molar-refractivity contribution in [2.24, 2.45) is 0 Å². The summed E-state index contributed by atoms with van der Waals surface area (Å²) < 4.78 is 5.10. The summed E-state index contributed by atoms with van der Waals surface area (Å²) in [6, 6.07) is 3.94. The summed E-state index contributed by atoms with van der Waals surface area (Å²) in [5.74, 6) is 2.49. The summed E-state index contributed by atoms with van der Waals surface area (Å²) in [5, 5.41) is 0. The molecule has 0 aromatic carbocycles. The number of nitrogens with zero attached hydrogens (tertiary/aromatic N) is 6. The predicted octanol–water partition coefficient (Wildman–Crippen LogP) is 1.36. The van der Waals surface area contributed by atoms with Gasteiger partial charge < -0.3 is 14.5 Å². The van der Waals surface area contributed by atoms with Crippen LogP contribution in [0.25, 0.3) is 0 Å². The van der Waals surface area contributed by atoms with Gasteiger partial charge in [0.15, 0.2) is 5.82 Å². The zero-order valence-electron chi connectivity index (χ0n) is 13.9. The molecule has 0 bridgehead atoms. The van der Waals surface area contributed by atoms with E-state index in [9.17, 15) is 0 Å². The first-order valence-electron chi connectivity index (χ1n) is 7.79. The van der Waals surface area contributed by atoms with E-state index in [2.05, 4.69) is 29.7 Å². The first-order valence-corrected chi connectivity index (χ1v) is 7.79. The zero-order chi connectivity index (χ0) is 16.2. The van der Waals surface area contributed by atoms with Crippen LogP contribution in [0.1, 0.15) is 17.2 Å². The van der Waals surface area contributed by atoms with Crippen LogP contribution in [0.4, 0.5) is 11.8 Å². The fraction of sp³-hybridized carbons (Fsp3) is 0.500. The Hall–Kier alpha value is -2.28. The number of methoxy groups -OCH3 is 1. The highest BCUT2D eigenvalue weighted by atomic mass is 16.5. The molecule has 7 nitrogen and oxygen atoms in total. The number of piperazine rings is 1. The van der Waals surface area contributed by atoms with Crippen molar-refractivity contribution in [1.29, 1.82) is 0 Å². The van der Waals surface area contributed by atoms with Crippen molar-refractivity contribution in [3.05, 3.63) is 35.5 Å². The molecule has 0 saturated carbocycles. The minimum atomic E-state index is 0.435. The third-order valence-corrected chi connectivity index (χ3v) is 3.82. The predicted molar refractivity (Wildman–Crippen MR) is 88.7 cm³/mol. The van der Waals surface area contributed by atoms with Crippen LogP contribution in [0.2, 0.25) is 0 Å². The molecule has 7 heteroatoms. The number of hydrogen-bond donors (Lipinski definition) is 0. The van der Waals surface area contributed by atoms with Crippen molar-refractivity contribution in [3.8, 4) is 0 Å². The van der Waals surface area contributed by atoms with Gasteiger partial charge in [0.05, 0.1) is 0 Å². The summed E-state index contributed by atoms with van der Waals surface area (Å²) in [6.45, 7) is 7.99. The molecule has 1 aliphatic rings. The van der Waals surface area contributed by atoms with Crippen molar-refractivity contribution in [2.45, 2.75) is 20.5 Å². The molecule has 0 amide bonds. The first kappa shape index (κ1) is 15.6. The highest BCUT2D eigenvalue weighted by Gasteiger charge is 2.20. The topological polar surface area (TPSA) is 67.3 Å². The van der Waals surface area contributed by atoms with Crippen LogP contribution >= 0.6 is 0 Å². The zero-order valence-corrected chi connectivity index (χ0v) is 13.9. The maximum Gasteiger partial charge on any atom is 0.225 e. The van der Waals surface area contributed by atoms with E-state index in [-0.39, 0.29) is 0 Å². The van der Waals surface area contributed by atoms with Crippen LogP contribution in [0.3, 0.4) is 0 Å². The molecule has 3 rings (SSSR count). The summed E-state index contributed by atoms with van der Waals surface area (Å²) in [4.78, 5) is 22.4. The minimum Gasteiger partial charge on any atom is -0.377 e. The number of aromatic nitrogens is 4. The monoisotopic (exact) mass is 314 g/mol. The molecular formula is C16H22N6O. The molecule has 2 aromatic heterocycles. The summed E-state index contributed by atoms with van der Waals surface area (Å²) in [5.41, 5.74) is 2.02. The van der Waals surface area contributed by atoms with Gasteiger partial charge in [-0.3, -0.25) is 0 Å². The van der Waals surface area contributed by atoms with E-state index < -0.39 is 0 Å². The van der Waals surface area contributed by atoms with Crippen LogP contribution < -0.4 is 9.80 Å². The SMILES string of the molecule is COCc1nccc(N2CCN(c3nc(C)cc(C)n3)CC2)n1. The van der Waals surface area contributed by atoms with E-state index in [1.807, 2.05) is 26.0 Å². The largest absolute Gasteiger partial charge is 0.377 e. The lowest BCUT2D eigenvalue weighted by Crippen LogP contribution is -2.47. The third kappa shape index (κ3) is 3.73. The van der Waals surface area contributed by atoms with E-state index in [0.29, 0.717) is 12.4 Å². The Morgan fingerprint density at radius 1 is 1.00 bits per heavy atom. The van der Waals surface area contributed by atoms with E-state index in [1.54, 1.807) is 13.3 Å². The second kappa shape index (κ2) is 6.87. The number of hydrogen-bond acceptors (Lipinski definition) is 7. The smallest absolute Gasteiger partial charge is 0.225 e. The molecule has 3 heterocycles. The fourth-order valence-corrected chi connectivity index (χ4v) is 2.75.